The van der Waals surface area contributed by atoms with Crippen LogP contribution in [-0.2, 0) is 4.79 Å². The average molecular weight is 334 g/mol. The van der Waals surface area contributed by atoms with Crippen molar-refractivity contribution in [2.24, 2.45) is 5.92 Å². The summed E-state index contributed by atoms with van der Waals surface area (Å²) in [6.45, 7) is 3.28. The summed E-state index contributed by atoms with van der Waals surface area (Å²) in [6.07, 6.45) is 3.88. The molecule has 122 valence electrons. The van der Waals surface area contributed by atoms with Gasteiger partial charge in [0.15, 0.2) is 5.78 Å². The van der Waals surface area contributed by atoms with E-state index in [1.165, 1.54) is 0 Å². The first-order chi connectivity index (χ1) is 11.0. The quantitative estimate of drug-likeness (QED) is 0.791. The average Bonchev–Trinajstić information content (AvgIpc) is 3.34. The van der Waals surface area contributed by atoms with E-state index in [4.69, 9.17) is 16.3 Å². The fourth-order valence-electron chi connectivity index (χ4n) is 3.62. The van der Waals surface area contributed by atoms with Crippen LogP contribution in [0.4, 0.5) is 0 Å². The molecule has 5 heteroatoms. The minimum absolute atomic E-state index is 0.0927. The van der Waals surface area contributed by atoms with E-state index in [-0.39, 0.29) is 17.6 Å². The summed E-state index contributed by atoms with van der Waals surface area (Å²) in [5.41, 5.74) is 1.05. The topological polar surface area (TPSA) is 46.6 Å². The molecule has 4 nitrogen and oxygen atoms in total. The van der Waals surface area contributed by atoms with Crippen LogP contribution in [0.2, 0.25) is 5.02 Å². The Morgan fingerprint density at radius 1 is 1.30 bits per heavy atom. The minimum Gasteiger partial charge on any atom is -0.486 e. The second kappa shape index (κ2) is 5.23. The van der Waals surface area contributed by atoms with Crippen molar-refractivity contribution >= 4 is 23.3 Å². The number of Topliss-reactive ketones (excluding diaryl/α,β-unsaturated/α-hetero) is 1. The smallest absolute Gasteiger partial charge is 0.225 e. The van der Waals surface area contributed by atoms with Gasteiger partial charge in [-0.2, -0.15) is 0 Å². The van der Waals surface area contributed by atoms with Gasteiger partial charge >= 0.3 is 0 Å². The van der Waals surface area contributed by atoms with E-state index in [1.807, 2.05) is 17.9 Å². The van der Waals surface area contributed by atoms with E-state index in [0.717, 1.165) is 31.2 Å². The molecule has 1 aliphatic carbocycles. The van der Waals surface area contributed by atoms with Crippen LogP contribution in [0.15, 0.2) is 12.1 Å². The highest BCUT2D eigenvalue weighted by molar-refractivity contribution is 6.31. The summed E-state index contributed by atoms with van der Waals surface area (Å²) in [4.78, 5) is 26.7. The van der Waals surface area contributed by atoms with Gasteiger partial charge in [0.1, 0.15) is 11.4 Å². The molecule has 1 saturated carbocycles. The van der Waals surface area contributed by atoms with Gasteiger partial charge in [-0.25, -0.2) is 0 Å². The molecule has 2 fully saturated rings. The van der Waals surface area contributed by atoms with E-state index in [2.05, 4.69) is 0 Å². The summed E-state index contributed by atoms with van der Waals surface area (Å²) in [7, 11) is 0. The molecule has 0 bridgehead atoms. The number of carbonyl (C=O) groups excluding carboxylic acids is 2. The van der Waals surface area contributed by atoms with Crippen LogP contribution in [-0.4, -0.2) is 35.3 Å². The molecule has 0 aromatic heterocycles. The third kappa shape index (κ3) is 2.63. The number of piperidine rings is 1. The monoisotopic (exact) mass is 333 g/mol. The number of fused-ring (bicyclic) bond motifs is 1. The Bertz CT molecular complexity index is 688. The van der Waals surface area contributed by atoms with Crippen LogP contribution in [0.1, 0.15) is 48.0 Å². The maximum absolute atomic E-state index is 12.5. The Morgan fingerprint density at radius 3 is 2.65 bits per heavy atom. The first kappa shape index (κ1) is 15.0. The van der Waals surface area contributed by atoms with Crippen molar-refractivity contribution in [2.75, 3.05) is 13.1 Å². The Balaban J connectivity index is 1.53. The lowest BCUT2D eigenvalue weighted by molar-refractivity contribution is -0.136. The van der Waals surface area contributed by atoms with Crippen molar-refractivity contribution in [2.45, 2.75) is 44.6 Å². The van der Waals surface area contributed by atoms with Gasteiger partial charge in [0, 0.05) is 36.9 Å². The molecular weight excluding hydrogens is 314 g/mol. The van der Waals surface area contributed by atoms with Gasteiger partial charge in [-0.15, -0.1) is 0 Å². The molecule has 1 aromatic rings. The van der Waals surface area contributed by atoms with E-state index in [0.29, 0.717) is 35.8 Å². The first-order valence-electron chi connectivity index (χ1n) is 8.29. The second-order valence-electron chi connectivity index (χ2n) is 7.08. The second-order valence-corrected chi connectivity index (χ2v) is 7.49. The van der Waals surface area contributed by atoms with Crippen LogP contribution in [0.3, 0.4) is 0 Å². The third-order valence-corrected chi connectivity index (χ3v) is 5.69. The van der Waals surface area contributed by atoms with Crippen molar-refractivity contribution in [3.05, 3.63) is 28.3 Å². The number of carbonyl (C=O) groups is 2. The van der Waals surface area contributed by atoms with Gasteiger partial charge in [-0.05, 0) is 37.5 Å². The molecule has 4 rings (SSSR count). The predicted molar refractivity (Wildman–Crippen MR) is 87.0 cm³/mol. The molecule has 2 heterocycles. The number of nitrogens with zero attached hydrogens (tertiary/aromatic N) is 1. The number of hydrogen-bond donors (Lipinski definition) is 0. The van der Waals surface area contributed by atoms with Crippen molar-refractivity contribution in [3.63, 3.8) is 0 Å². The summed E-state index contributed by atoms with van der Waals surface area (Å²) in [6, 6.07) is 3.57. The number of rotatable bonds is 1. The molecule has 1 spiro atoms. The van der Waals surface area contributed by atoms with Gasteiger partial charge in [0.25, 0.3) is 0 Å². The van der Waals surface area contributed by atoms with Crippen molar-refractivity contribution in [3.8, 4) is 5.75 Å². The standard InChI is InChI=1S/C18H20ClNO3/c1-11-8-16-13(9-14(11)19)15(21)10-18(23-16)4-6-20(7-5-18)17(22)12-2-3-12/h8-9,12H,2-7,10H2,1H3. The highest BCUT2D eigenvalue weighted by atomic mass is 35.5. The van der Waals surface area contributed by atoms with Gasteiger partial charge in [0.05, 0.1) is 12.0 Å². The summed E-state index contributed by atoms with van der Waals surface area (Å²) >= 11 is 6.13. The number of halogens is 1. The lowest BCUT2D eigenvalue weighted by Crippen LogP contribution is -2.52. The highest BCUT2D eigenvalue weighted by Gasteiger charge is 2.45. The molecule has 0 atom stereocenters. The fourth-order valence-corrected chi connectivity index (χ4v) is 3.78. The molecule has 0 unspecified atom stereocenters. The maximum Gasteiger partial charge on any atom is 0.225 e. The number of ketones is 1. The molecule has 1 aromatic carbocycles. The van der Waals surface area contributed by atoms with Crippen LogP contribution in [0.25, 0.3) is 0 Å². The molecule has 1 saturated heterocycles. The van der Waals surface area contributed by atoms with E-state index >= 15 is 0 Å². The number of amides is 1. The Labute approximate surface area is 140 Å². The third-order valence-electron chi connectivity index (χ3n) is 5.28. The number of ether oxygens (including phenoxy) is 1. The van der Waals surface area contributed by atoms with Crippen molar-refractivity contribution in [1.82, 2.24) is 4.90 Å². The maximum atomic E-state index is 12.5. The molecular formula is C18H20ClNO3. The zero-order valence-electron chi connectivity index (χ0n) is 13.2. The summed E-state index contributed by atoms with van der Waals surface area (Å²) in [5, 5.41) is 0.599. The van der Waals surface area contributed by atoms with Crippen molar-refractivity contribution in [1.29, 1.82) is 0 Å². The van der Waals surface area contributed by atoms with Crippen LogP contribution in [0.5, 0.6) is 5.75 Å². The SMILES string of the molecule is Cc1cc2c(cc1Cl)C(=O)CC1(CCN(C(=O)C3CC3)CC1)O2. The Morgan fingerprint density at radius 2 is 2.00 bits per heavy atom. The molecule has 3 aliphatic rings. The zero-order valence-corrected chi connectivity index (χ0v) is 14.0. The summed E-state index contributed by atoms with van der Waals surface area (Å²) in [5.74, 6) is 1.27. The fraction of sp³-hybridized carbons (Fsp3) is 0.556. The van der Waals surface area contributed by atoms with Gasteiger partial charge in [-0.1, -0.05) is 11.6 Å². The normalized spacial score (nSPS) is 22.7. The molecule has 0 radical (unpaired) electrons. The lowest BCUT2D eigenvalue weighted by atomic mass is 9.82. The minimum atomic E-state index is -0.454. The Hall–Kier alpha value is -1.55. The van der Waals surface area contributed by atoms with E-state index in [1.54, 1.807) is 6.07 Å². The first-order valence-corrected chi connectivity index (χ1v) is 8.66. The van der Waals surface area contributed by atoms with Gasteiger partial charge < -0.3 is 9.64 Å². The van der Waals surface area contributed by atoms with E-state index in [9.17, 15) is 9.59 Å². The Kier molecular flexibility index (Phi) is 3.41. The number of aryl methyl sites for hydroxylation is 1. The van der Waals surface area contributed by atoms with E-state index < -0.39 is 5.60 Å². The van der Waals surface area contributed by atoms with Gasteiger partial charge in [0.2, 0.25) is 5.91 Å². The van der Waals surface area contributed by atoms with Crippen LogP contribution in [0, 0.1) is 12.8 Å². The van der Waals surface area contributed by atoms with Gasteiger partial charge in [-0.3, -0.25) is 9.59 Å². The highest BCUT2D eigenvalue weighted by Crippen LogP contribution is 2.42. The number of likely N-dealkylation sites (tertiary alicyclic amines) is 1. The molecule has 1 amide bonds. The molecule has 0 N–H and O–H groups in total. The molecule has 23 heavy (non-hydrogen) atoms. The molecule has 2 aliphatic heterocycles. The summed E-state index contributed by atoms with van der Waals surface area (Å²) < 4.78 is 6.25. The lowest BCUT2D eigenvalue weighted by Gasteiger charge is -2.44. The number of benzene rings is 1. The van der Waals surface area contributed by atoms with Crippen LogP contribution < -0.4 is 4.74 Å². The van der Waals surface area contributed by atoms with Crippen molar-refractivity contribution < 1.29 is 14.3 Å². The predicted octanol–water partition coefficient (Wildman–Crippen LogP) is 3.38. The zero-order chi connectivity index (χ0) is 16.2. The number of hydrogen-bond acceptors (Lipinski definition) is 3. The van der Waals surface area contributed by atoms with Crippen LogP contribution >= 0.6 is 11.6 Å². The largest absolute Gasteiger partial charge is 0.486 e.